The summed E-state index contributed by atoms with van der Waals surface area (Å²) in [6, 6.07) is 56.0. The predicted octanol–water partition coefficient (Wildman–Crippen LogP) is 9.44. The van der Waals surface area contributed by atoms with Crippen molar-refractivity contribution in [1.29, 1.82) is 0 Å². The van der Waals surface area contributed by atoms with E-state index in [-0.39, 0.29) is 17.6 Å². The van der Waals surface area contributed by atoms with Crippen molar-refractivity contribution in [2.45, 2.75) is 24.0 Å². The molecule has 8 rings (SSSR count). The van der Waals surface area contributed by atoms with E-state index in [2.05, 4.69) is 34.6 Å². The third-order valence-electron chi connectivity index (χ3n) is 9.20. The summed E-state index contributed by atoms with van der Waals surface area (Å²) in [5.41, 5.74) is 8.46. The molecule has 0 bridgehead atoms. The normalized spacial score (nSPS) is 19.9. The molecule has 0 aliphatic carbocycles. The molecule has 2 aliphatic heterocycles. The average Bonchev–Trinajstić information content (AvgIpc) is 3.82. The number of benzene rings is 6. The topological polar surface area (TPSA) is 60.2 Å². The zero-order valence-corrected chi connectivity index (χ0v) is 26.1. The van der Waals surface area contributed by atoms with Gasteiger partial charge < -0.3 is 9.68 Å². The van der Waals surface area contributed by atoms with Gasteiger partial charge in [-0.15, -0.1) is 0 Å². The van der Waals surface area contributed by atoms with Crippen LogP contribution in [0.25, 0.3) is 0 Å². The van der Waals surface area contributed by atoms with E-state index in [1.165, 1.54) is 0 Å². The number of nitrogens with zero attached hydrogens (tertiary/aromatic N) is 2. The molecule has 6 aromatic carbocycles. The van der Waals surface area contributed by atoms with Gasteiger partial charge in [0.1, 0.15) is 0 Å². The molecule has 0 saturated carbocycles. The second-order valence-electron chi connectivity index (χ2n) is 12.0. The molecule has 0 amide bonds. The van der Waals surface area contributed by atoms with Crippen LogP contribution >= 0.6 is 0 Å². The lowest BCUT2D eigenvalue weighted by Crippen LogP contribution is -2.22. The van der Waals surface area contributed by atoms with Crippen LogP contribution in [0.2, 0.25) is 0 Å². The Labute approximate surface area is 279 Å². The molecule has 0 spiro atoms. The van der Waals surface area contributed by atoms with Crippen molar-refractivity contribution in [3.63, 3.8) is 0 Å². The monoisotopic (exact) mass is 624 g/mol. The van der Waals surface area contributed by atoms with Crippen molar-refractivity contribution in [2.75, 3.05) is 0 Å². The van der Waals surface area contributed by atoms with Crippen LogP contribution < -0.4 is 0 Å². The van der Waals surface area contributed by atoms with E-state index >= 15 is 4.79 Å². The van der Waals surface area contributed by atoms with Gasteiger partial charge in [0.2, 0.25) is 0 Å². The third-order valence-corrected chi connectivity index (χ3v) is 9.20. The Balaban J connectivity index is 1.25. The molecule has 0 N–H and O–H groups in total. The third kappa shape index (κ3) is 5.39. The Morgan fingerprint density at radius 3 is 1.15 bits per heavy atom. The van der Waals surface area contributed by atoms with Crippen LogP contribution in [0.4, 0.5) is 0 Å². The van der Waals surface area contributed by atoms with Gasteiger partial charge in [-0.25, -0.2) is 0 Å². The summed E-state index contributed by atoms with van der Waals surface area (Å²) in [7, 11) is 0. The molecule has 4 atom stereocenters. The lowest BCUT2D eigenvalue weighted by Gasteiger charge is -2.24. The Morgan fingerprint density at radius 1 is 0.417 bits per heavy atom. The Morgan fingerprint density at radius 2 is 0.750 bits per heavy atom. The SMILES string of the molecule is O=C(c1ccccc1C1C(c2ccccc2)=NOC1c1ccccc1)c1ccccc1C1C(c2ccccc2)=NOC1c1ccccc1. The molecule has 0 radical (unpaired) electrons. The number of rotatable bonds is 8. The van der Waals surface area contributed by atoms with Crippen LogP contribution in [-0.4, -0.2) is 17.2 Å². The molecular formula is C43H32N2O3. The van der Waals surface area contributed by atoms with Gasteiger partial charge in [0.15, 0.2) is 18.0 Å². The quantitative estimate of drug-likeness (QED) is 0.159. The highest BCUT2D eigenvalue weighted by Gasteiger charge is 2.42. The van der Waals surface area contributed by atoms with Gasteiger partial charge >= 0.3 is 0 Å². The summed E-state index contributed by atoms with van der Waals surface area (Å²) < 4.78 is 0. The van der Waals surface area contributed by atoms with Crippen molar-refractivity contribution in [3.8, 4) is 0 Å². The second-order valence-corrected chi connectivity index (χ2v) is 12.0. The van der Waals surface area contributed by atoms with Crippen LogP contribution in [0.15, 0.2) is 180 Å². The maximum absolute atomic E-state index is 15.0. The molecule has 5 heteroatoms. The second kappa shape index (κ2) is 13.0. The van der Waals surface area contributed by atoms with Crippen molar-refractivity contribution < 1.29 is 14.5 Å². The summed E-state index contributed by atoms with van der Waals surface area (Å²) >= 11 is 0. The first-order valence-electron chi connectivity index (χ1n) is 16.2. The van der Waals surface area contributed by atoms with Gasteiger partial charge in [0, 0.05) is 22.3 Å². The highest BCUT2D eigenvalue weighted by Crippen LogP contribution is 2.46. The van der Waals surface area contributed by atoms with Gasteiger partial charge in [0.05, 0.1) is 23.3 Å². The number of hydrogen-bond acceptors (Lipinski definition) is 5. The fraction of sp³-hybridized carbons (Fsp3) is 0.0930. The standard InChI is InChI=1S/C43H32N2O3/c46-41(35-27-15-13-25-33(35)37-39(29-17-5-1-6-18-29)44-47-42(37)31-21-9-3-10-22-31)36-28-16-14-26-34(36)38-40(30-19-7-2-8-20-30)45-48-43(38)32-23-11-4-12-24-32/h1-28,37-38,42-43H. The number of ketones is 1. The van der Waals surface area contributed by atoms with E-state index in [0.717, 1.165) is 44.8 Å². The predicted molar refractivity (Wildman–Crippen MR) is 188 cm³/mol. The van der Waals surface area contributed by atoms with E-state index in [0.29, 0.717) is 11.1 Å². The van der Waals surface area contributed by atoms with Gasteiger partial charge in [0.25, 0.3) is 0 Å². The minimum Gasteiger partial charge on any atom is -0.386 e. The maximum Gasteiger partial charge on any atom is 0.193 e. The zero-order chi connectivity index (χ0) is 32.3. The molecule has 0 fully saturated rings. The van der Waals surface area contributed by atoms with Gasteiger partial charge in [-0.2, -0.15) is 0 Å². The van der Waals surface area contributed by atoms with E-state index in [1.54, 1.807) is 0 Å². The summed E-state index contributed by atoms with van der Waals surface area (Å²) in [5, 5.41) is 9.27. The molecule has 6 aromatic rings. The minimum atomic E-state index is -0.395. The highest BCUT2D eigenvalue weighted by molar-refractivity contribution is 6.15. The average molecular weight is 625 g/mol. The Kier molecular flexibility index (Phi) is 7.93. The largest absolute Gasteiger partial charge is 0.386 e. The lowest BCUT2D eigenvalue weighted by molar-refractivity contribution is 0.0757. The molecule has 2 aliphatic rings. The first kappa shape index (κ1) is 29.3. The molecule has 0 saturated heterocycles. The summed E-state index contributed by atoms with van der Waals surface area (Å²) in [6.45, 7) is 0. The van der Waals surface area contributed by atoms with Crippen LogP contribution in [0.1, 0.15) is 73.3 Å². The molecule has 0 aromatic heterocycles. The van der Waals surface area contributed by atoms with Crippen molar-refractivity contribution in [2.24, 2.45) is 10.3 Å². The first-order chi connectivity index (χ1) is 23.8. The molecule has 48 heavy (non-hydrogen) atoms. The van der Waals surface area contributed by atoms with E-state index in [9.17, 15) is 0 Å². The van der Waals surface area contributed by atoms with Gasteiger partial charge in [-0.05, 0) is 22.3 Å². The summed E-state index contributed by atoms with van der Waals surface area (Å²) in [4.78, 5) is 27.4. The van der Waals surface area contributed by atoms with E-state index < -0.39 is 12.2 Å². The molecule has 232 valence electrons. The summed E-state index contributed by atoms with van der Waals surface area (Å²) in [5.74, 6) is -0.690. The van der Waals surface area contributed by atoms with Crippen LogP contribution in [0.3, 0.4) is 0 Å². The zero-order valence-electron chi connectivity index (χ0n) is 26.1. The van der Waals surface area contributed by atoms with E-state index in [1.807, 2.05) is 146 Å². The fourth-order valence-electron chi connectivity index (χ4n) is 6.94. The smallest absolute Gasteiger partial charge is 0.193 e. The number of hydrogen-bond donors (Lipinski definition) is 0. The number of oxime groups is 2. The lowest BCUT2D eigenvalue weighted by atomic mass is 9.77. The van der Waals surface area contributed by atoms with Crippen LogP contribution in [0, 0.1) is 0 Å². The number of carbonyl (C=O) groups is 1. The Hall–Kier alpha value is -6.07. The minimum absolute atomic E-state index is 0.0709. The van der Waals surface area contributed by atoms with Crippen molar-refractivity contribution in [3.05, 3.63) is 214 Å². The maximum atomic E-state index is 15.0. The summed E-state index contributed by atoms with van der Waals surface area (Å²) in [6.07, 6.45) is -0.791. The molecule has 2 heterocycles. The first-order valence-corrected chi connectivity index (χ1v) is 16.2. The molecule has 5 nitrogen and oxygen atoms in total. The van der Waals surface area contributed by atoms with Crippen LogP contribution in [0.5, 0.6) is 0 Å². The van der Waals surface area contributed by atoms with Gasteiger partial charge in [-0.3, -0.25) is 4.79 Å². The van der Waals surface area contributed by atoms with Crippen molar-refractivity contribution in [1.82, 2.24) is 0 Å². The molecule has 4 unspecified atom stereocenters. The van der Waals surface area contributed by atoms with Crippen molar-refractivity contribution >= 4 is 17.2 Å². The number of carbonyl (C=O) groups excluding carboxylic acids is 1. The highest BCUT2D eigenvalue weighted by atomic mass is 16.6. The molecular weight excluding hydrogens is 592 g/mol. The van der Waals surface area contributed by atoms with Crippen LogP contribution in [-0.2, 0) is 9.68 Å². The van der Waals surface area contributed by atoms with Gasteiger partial charge in [-0.1, -0.05) is 180 Å². The fourth-order valence-corrected chi connectivity index (χ4v) is 6.94. The Bertz CT molecular complexity index is 1960. The van der Waals surface area contributed by atoms with E-state index in [4.69, 9.17) is 9.68 Å².